The van der Waals surface area contributed by atoms with Gasteiger partial charge in [0.05, 0.1) is 16.3 Å². The Balaban J connectivity index is 1.66. The summed E-state index contributed by atoms with van der Waals surface area (Å²) in [7, 11) is 0. The number of benzene rings is 1. The minimum Gasteiger partial charge on any atom is -0.488 e. The SMILES string of the molecule is Cc1cccc(Cl)c1OCCOc1ncc(-c2cnc(C)c([C@H](OC(C)(C)C)C(=O)O)c2N2CCC(C)(C)CC2)cc1F. The number of aliphatic carboxylic acids is 1. The molecule has 1 atom stereocenters. The van der Waals surface area contributed by atoms with Crippen LogP contribution in [-0.4, -0.2) is 52.9 Å². The summed E-state index contributed by atoms with van der Waals surface area (Å²) < 4.78 is 32.8. The molecule has 4 rings (SSSR count). The van der Waals surface area contributed by atoms with Gasteiger partial charge in [-0.05, 0) is 70.6 Å². The Morgan fingerprint density at radius 1 is 1.12 bits per heavy atom. The van der Waals surface area contributed by atoms with Gasteiger partial charge in [0.2, 0.25) is 0 Å². The Labute approximate surface area is 258 Å². The van der Waals surface area contributed by atoms with E-state index in [1.54, 1.807) is 19.2 Å². The number of carboxylic acid groups (broad SMARTS) is 1. The fraction of sp³-hybridized carbons (Fsp3) is 0.485. The van der Waals surface area contributed by atoms with Gasteiger partial charge in [-0.25, -0.2) is 14.2 Å². The zero-order valence-electron chi connectivity index (χ0n) is 26.0. The maximum absolute atomic E-state index is 15.4. The van der Waals surface area contributed by atoms with E-state index in [9.17, 15) is 9.90 Å². The second-order valence-corrected chi connectivity index (χ2v) is 13.1. The number of carboxylic acids is 1. The van der Waals surface area contributed by atoms with Crippen LogP contribution in [-0.2, 0) is 9.53 Å². The number of carbonyl (C=O) groups is 1. The molecule has 8 nitrogen and oxygen atoms in total. The zero-order valence-corrected chi connectivity index (χ0v) is 26.7. The smallest absolute Gasteiger partial charge is 0.337 e. The van der Waals surface area contributed by atoms with E-state index in [2.05, 4.69) is 28.7 Å². The highest BCUT2D eigenvalue weighted by atomic mass is 35.5. The van der Waals surface area contributed by atoms with Gasteiger partial charge >= 0.3 is 5.97 Å². The standard InChI is InChI=1S/C33H41ClFN3O5/c1-20-9-8-10-24(34)28(20)41-15-16-42-30-25(35)17-22(18-37-30)23-19-36-21(2)26(29(31(39)40)43-32(3,4)5)27(23)38-13-11-33(6,7)12-14-38/h8-10,17-19,29H,11-16H2,1-7H3,(H,39,40)/t29-/m0/s1. The summed E-state index contributed by atoms with van der Waals surface area (Å²) in [5, 5.41) is 10.8. The van der Waals surface area contributed by atoms with Crippen molar-refractivity contribution in [3.8, 4) is 22.8 Å². The minimum atomic E-state index is -1.26. The molecule has 0 unspecified atom stereocenters. The number of rotatable bonds is 10. The van der Waals surface area contributed by atoms with Crippen molar-refractivity contribution in [2.24, 2.45) is 5.41 Å². The molecule has 1 aliphatic heterocycles. The van der Waals surface area contributed by atoms with Crippen LogP contribution >= 0.6 is 11.6 Å². The summed E-state index contributed by atoms with van der Waals surface area (Å²) in [5.41, 5.74) is 3.05. The Hall–Kier alpha value is -3.43. The number of anilines is 1. The number of nitrogens with zero attached hydrogens (tertiary/aromatic N) is 3. The summed E-state index contributed by atoms with van der Waals surface area (Å²) in [6.07, 6.45) is 3.74. The lowest BCUT2D eigenvalue weighted by molar-refractivity contribution is -0.160. The van der Waals surface area contributed by atoms with Crippen LogP contribution in [0.1, 0.15) is 70.4 Å². The van der Waals surface area contributed by atoms with E-state index in [0.29, 0.717) is 51.9 Å². The third kappa shape index (κ3) is 7.95. The molecule has 0 bridgehead atoms. The molecule has 0 radical (unpaired) electrons. The van der Waals surface area contributed by atoms with Crippen molar-refractivity contribution in [1.29, 1.82) is 0 Å². The predicted molar refractivity (Wildman–Crippen MR) is 166 cm³/mol. The first-order valence-corrected chi connectivity index (χ1v) is 14.9. The van der Waals surface area contributed by atoms with Gasteiger partial charge in [-0.1, -0.05) is 37.6 Å². The van der Waals surface area contributed by atoms with Crippen LogP contribution in [0, 0.1) is 25.1 Å². The second-order valence-electron chi connectivity index (χ2n) is 12.7. The van der Waals surface area contributed by atoms with Gasteiger partial charge in [0.15, 0.2) is 11.9 Å². The Kier molecular flexibility index (Phi) is 9.86. The molecule has 0 aliphatic carbocycles. The van der Waals surface area contributed by atoms with Gasteiger partial charge in [0.25, 0.3) is 5.88 Å². The van der Waals surface area contributed by atoms with Crippen molar-refractivity contribution in [1.82, 2.24) is 9.97 Å². The molecule has 0 amide bonds. The van der Waals surface area contributed by atoms with Crippen LogP contribution in [0.4, 0.5) is 10.1 Å². The second kappa shape index (κ2) is 13.1. The Morgan fingerprint density at radius 2 is 1.79 bits per heavy atom. The van der Waals surface area contributed by atoms with Crippen LogP contribution < -0.4 is 14.4 Å². The van der Waals surface area contributed by atoms with Crippen LogP contribution in [0.2, 0.25) is 5.02 Å². The molecule has 0 saturated carbocycles. The van der Waals surface area contributed by atoms with E-state index in [4.69, 9.17) is 25.8 Å². The number of aromatic nitrogens is 2. The summed E-state index contributed by atoms with van der Waals surface area (Å²) >= 11 is 6.21. The molecule has 1 saturated heterocycles. The molecule has 3 heterocycles. The molecule has 3 aromatic rings. The first-order chi connectivity index (χ1) is 20.2. The summed E-state index contributed by atoms with van der Waals surface area (Å²) in [6.45, 7) is 15.2. The number of halogens is 2. The van der Waals surface area contributed by atoms with E-state index in [-0.39, 0.29) is 24.5 Å². The van der Waals surface area contributed by atoms with Crippen LogP contribution in [0.25, 0.3) is 11.1 Å². The fourth-order valence-electron chi connectivity index (χ4n) is 5.16. The van der Waals surface area contributed by atoms with E-state index in [1.807, 2.05) is 39.8 Å². The lowest BCUT2D eigenvalue weighted by Crippen LogP contribution is -2.39. The average molecular weight is 614 g/mol. The highest BCUT2D eigenvalue weighted by Gasteiger charge is 2.36. The average Bonchev–Trinajstić information content (AvgIpc) is 2.91. The molecule has 1 N–H and O–H groups in total. The van der Waals surface area contributed by atoms with E-state index in [1.165, 1.54) is 12.3 Å². The molecule has 2 aromatic heterocycles. The van der Waals surface area contributed by atoms with Crippen molar-refractivity contribution >= 4 is 23.3 Å². The van der Waals surface area contributed by atoms with E-state index < -0.39 is 23.5 Å². The number of para-hydroxylation sites is 1. The number of hydrogen-bond donors (Lipinski definition) is 1. The largest absolute Gasteiger partial charge is 0.488 e. The van der Waals surface area contributed by atoms with Gasteiger partial charge in [0.1, 0.15) is 19.0 Å². The van der Waals surface area contributed by atoms with Crippen molar-refractivity contribution in [3.05, 3.63) is 64.3 Å². The maximum atomic E-state index is 15.4. The van der Waals surface area contributed by atoms with Crippen molar-refractivity contribution in [3.63, 3.8) is 0 Å². The van der Waals surface area contributed by atoms with Crippen LogP contribution in [0.3, 0.4) is 0 Å². The number of piperidine rings is 1. The zero-order chi connectivity index (χ0) is 31.5. The highest BCUT2D eigenvalue weighted by molar-refractivity contribution is 6.32. The summed E-state index contributed by atoms with van der Waals surface area (Å²) in [4.78, 5) is 23.6. The minimum absolute atomic E-state index is 0.0589. The molecule has 1 fully saturated rings. The lowest BCUT2D eigenvalue weighted by Gasteiger charge is -2.40. The van der Waals surface area contributed by atoms with Gasteiger partial charge in [-0.15, -0.1) is 0 Å². The molecule has 1 aromatic carbocycles. The molecule has 232 valence electrons. The Bertz CT molecular complexity index is 1440. The summed E-state index contributed by atoms with van der Waals surface area (Å²) in [5.74, 6) is -1.37. The molecule has 43 heavy (non-hydrogen) atoms. The first kappa shape index (κ1) is 32.5. The van der Waals surface area contributed by atoms with Gasteiger partial charge in [-0.2, -0.15) is 0 Å². The third-order valence-electron chi connectivity index (χ3n) is 7.53. The van der Waals surface area contributed by atoms with Gasteiger partial charge < -0.3 is 24.2 Å². The number of aryl methyl sites for hydroxylation is 2. The molecular weight excluding hydrogens is 573 g/mol. The maximum Gasteiger partial charge on any atom is 0.337 e. The normalized spacial score (nSPS) is 15.7. The fourth-order valence-corrected chi connectivity index (χ4v) is 5.43. The van der Waals surface area contributed by atoms with Crippen molar-refractivity contribution in [2.45, 2.75) is 73.0 Å². The molecule has 0 spiro atoms. The highest BCUT2D eigenvalue weighted by Crippen LogP contribution is 2.43. The van der Waals surface area contributed by atoms with Gasteiger partial charge in [0, 0.05) is 47.9 Å². The third-order valence-corrected chi connectivity index (χ3v) is 7.83. The van der Waals surface area contributed by atoms with Gasteiger partial charge in [-0.3, -0.25) is 4.98 Å². The van der Waals surface area contributed by atoms with E-state index >= 15 is 4.39 Å². The summed E-state index contributed by atoms with van der Waals surface area (Å²) in [6, 6.07) is 6.81. The van der Waals surface area contributed by atoms with E-state index in [0.717, 1.165) is 18.4 Å². The molecular formula is C33H41ClFN3O5. The van der Waals surface area contributed by atoms with Crippen molar-refractivity contribution in [2.75, 3.05) is 31.2 Å². The topological polar surface area (TPSA) is 94.0 Å². The quantitative estimate of drug-likeness (QED) is 0.234. The predicted octanol–water partition coefficient (Wildman–Crippen LogP) is 7.58. The van der Waals surface area contributed by atoms with Crippen LogP contribution in [0.5, 0.6) is 11.6 Å². The number of pyridine rings is 2. The number of hydrogen-bond acceptors (Lipinski definition) is 7. The van der Waals surface area contributed by atoms with Crippen molar-refractivity contribution < 1.29 is 28.5 Å². The van der Waals surface area contributed by atoms with Crippen LogP contribution in [0.15, 0.2) is 36.7 Å². The molecule has 10 heteroatoms. The first-order valence-electron chi connectivity index (χ1n) is 14.5. The molecule has 1 aliphatic rings. The lowest BCUT2D eigenvalue weighted by atomic mass is 9.82. The Morgan fingerprint density at radius 3 is 2.40 bits per heavy atom. The number of ether oxygens (including phenoxy) is 3. The monoisotopic (exact) mass is 613 g/mol.